The van der Waals surface area contributed by atoms with Crippen LogP contribution in [0.1, 0.15) is 37.4 Å². The number of alkyl halides is 3. The quantitative estimate of drug-likeness (QED) is 0.892. The second-order valence-corrected chi connectivity index (χ2v) is 5.73. The van der Waals surface area contributed by atoms with Gasteiger partial charge in [0.2, 0.25) is 0 Å². The van der Waals surface area contributed by atoms with Crippen molar-refractivity contribution in [1.82, 2.24) is 5.32 Å². The number of ether oxygens (including phenoxy) is 1. The first-order chi connectivity index (χ1) is 10.8. The van der Waals surface area contributed by atoms with Gasteiger partial charge in [-0.05, 0) is 30.5 Å². The monoisotopic (exact) mass is 331 g/mol. The number of rotatable bonds is 4. The summed E-state index contributed by atoms with van der Waals surface area (Å²) in [5, 5.41) is 12.4. The van der Waals surface area contributed by atoms with Crippen molar-refractivity contribution in [2.45, 2.75) is 44.0 Å². The summed E-state index contributed by atoms with van der Waals surface area (Å²) < 4.78 is 44.1. The second-order valence-electron chi connectivity index (χ2n) is 5.73. The fraction of sp³-hybridized carbons (Fsp3) is 0.562. The highest BCUT2D eigenvalue weighted by atomic mass is 19.4. The number of carbonyl (C=O) groups is 1. The molecule has 0 bridgehead atoms. The highest BCUT2D eigenvalue weighted by molar-refractivity contribution is 5.82. The molecular weight excluding hydrogens is 311 g/mol. The molecule has 0 aliphatic heterocycles. The van der Waals surface area contributed by atoms with Gasteiger partial charge in [0.05, 0.1) is 13.0 Å². The Labute approximate surface area is 132 Å². The van der Waals surface area contributed by atoms with E-state index >= 15 is 0 Å². The van der Waals surface area contributed by atoms with Gasteiger partial charge < -0.3 is 15.2 Å². The molecule has 128 valence electrons. The Bertz CT molecular complexity index is 548. The van der Waals surface area contributed by atoms with Crippen LogP contribution in [0.2, 0.25) is 0 Å². The average Bonchev–Trinajstić information content (AvgIpc) is 2.53. The average molecular weight is 331 g/mol. The topological polar surface area (TPSA) is 58.6 Å². The summed E-state index contributed by atoms with van der Waals surface area (Å²) >= 11 is 0. The predicted molar refractivity (Wildman–Crippen MR) is 77.9 cm³/mol. The molecule has 0 aromatic heterocycles. The molecule has 3 atom stereocenters. The molecule has 1 aliphatic rings. The van der Waals surface area contributed by atoms with Gasteiger partial charge in [-0.2, -0.15) is 13.2 Å². The molecule has 1 aromatic rings. The fourth-order valence-electron chi connectivity index (χ4n) is 2.92. The molecule has 2 rings (SSSR count). The van der Waals surface area contributed by atoms with Gasteiger partial charge in [-0.15, -0.1) is 0 Å². The van der Waals surface area contributed by atoms with Crippen LogP contribution >= 0.6 is 0 Å². The van der Waals surface area contributed by atoms with E-state index in [-0.39, 0.29) is 18.4 Å². The number of hydrogen-bond acceptors (Lipinski definition) is 3. The molecule has 1 saturated carbocycles. The lowest BCUT2D eigenvalue weighted by Gasteiger charge is -2.34. The number of amides is 1. The number of methoxy groups -OCH3 is 1. The van der Waals surface area contributed by atoms with Crippen molar-refractivity contribution in [3.05, 3.63) is 29.8 Å². The SMILES string of the molecule is COc1cccc(C(O)C(=O)NC2CCCCC2C(F)(F)F)c1. The van der Waals surface area contributed by atoms with Crippen molar-refractivity contribution in [2.24, 2.45) is 5.92 Å². The van der Waals surface area contributed by atoms with Crippen LogP contribution < -0.4 is 10.1 Å². The number of benzene rings is 1. The lowest BCUT2D eigenvalue weighted by molar-refractivity contribution is -0.189. The highest BCUT2D eigenvalue weighted by Gasteiger charge is 2.46. The molecule has 4 nitrogen and oxygen atoms in total. The summed E-state index contributed by atoms with van der Waals surface area (Å²) in [5.41, 5.74) is 0.279. The van der Waals surface area contributed by atoms with Crippen LogP contribution in [0.4, 0.5) is 13.2 Å². The maximum atomic E-state index is 13.0. The Morgan fingerprint density at radius 1 is 1.35 bits per heavy atom. The van der Waals surface area contributed by atoms with Crippen LogP contribution in [0.5, 0.6) is 5.75 Å². The molecule has 23 heavy (non-hydrogen) atoms. The molecule has 0 saturated heterocycles. The van der Waals surface area contributed by atoms with Crippen molar-refractivity contribution in [2.75, 3.05) is 7.11 Å². The third kappa shape index (κ3) is 4.37. The first-order valence-electron chi connectivity index (χ1n) is 7.52. The Balaban J connectivity index is 2.07. The number of carbonyl (C=O) groups excluding carboxylic acids is 1. The van der Waals surface area contributed by atoms with E-state index in [0.29, 0.717) is 18.6 Å². The second kappa shape index (κ2) is 7.21. The van der Waals surface area contributed by atoms with Crippen LogP contribution in [0, 0.1) is 5.92 Å². The molecule has 1 fully saturated rings. The third-order valence-corrected chi connectivity index (χ3v) is 4.17. The summed E-state index contributed by atoms with van der Waals surface area (Å²) in [6.45, 7) is 0. The van der Waals surface area contributed by atoms with E-state index in [1.165, 1.54) is 19.2 Å². The van der Waals surface area contributed by atoms with E-state index in [4.69, 9.17) is 4.74 Å². The van der Waals surface area contributed by atoms with Crippen LogP contribution in [0.25, 0.3) is 0 Å². The summed E-state index contributed by atoms with van der Waals surface area (Å²) in [6.07, 6.45) is -4.48. The molecular formula is C16H20F3NO3. The minimum Gasteiger partial charge on any atom is -0.497 e. The Hall–Kier alpha value is -1.76. The van der Waals surface area contributed by atoms with Gasteiger partial charge in [-0.3, -0.25) is 4.79 Å². The van der Waals surface area contributed by atoms with Crippen molar-refractivity contribution in [3.63, 3.8) is 0 Å². The smallest absolute Gasteiger partial charge is 0.393 e. The molecule has 0 heterocycles. The highest BCUT2D eigenvalue weighted by Crippen LogP contribution is 2.38. The zero-order chi connectivity index (χ0) is 17.0. The van der Waals surface area contributed by atoms with Gasteiger partial charge in [0.1, 0.15) is 5.75 Å². The van der Waals surface area contributed by atoms with E-state index in [2.05, 4.69) is 5.32 Å². The molecule has 1 aromatic carbocycles. The van der Waals surface area contributed by atoms with E-state index in [1.807, 2.05) is 0 Å². The Kier molecular flexibility index (Phi) is 5.51. The molecule has 3 unspecified atom stereocenters. The number of hydrogen-bond donors (Lipinski definition) is 2. The van der Waals surface area contributed by atoms with Crippen LogP contribution in [-0.4, -0.2) is 30.3 Å². The fourth-order valence-corrected chi connectivity index (χ4v) is 2.92. The molecule has 0 spiro atoms. The minimum atomic E-state index is -4.35. The van der Waals surface area contributed by atoms with Crippen molar-refractivity contribution < 1.29 is 27.8 Å². The van der Waals surface area contributed by atoms with Crippen molar-refractivity contribution >= 4 is 5.91 Å². The summed E-state index contributed by atoms with van der Waals surface area (Å²) in [6, 6.07) is 5.26. The first kappa shape index (κ1) is 17.6. The number of aliphatic hydroxyl groups excluding tert-OH is 1. The third-order valence-electron chi connectivity index (χ3n) is 4.17. The summed E-state index contributed by atoms with van der Waals surface area (Å²) in [7, 11) is 1.45. The molecule has 1 amide bonds. The van der Waals surface area contributed by atoms with E-state index in [1.54, 1.807) is 12.1 Å². The van der Waals surface area contributed by atoms with Gasteiger partial charge >= 0.3 is 6.18 Å². The maximum Gasteiger partial charge on any atom is 0.393 e. The van der Waals surface area contributed by atoms with Crippen LogP contribution in [-0.2, 0) is 4.79 Å². The Morgan fingerprint density at radius 2 is 2.04 bits per heavy atom. The minimum absolute atomic E-state index is 0.00367. The van der Waals surface area contributed by atoms with Gasteiger partial charge in [0.25, 0.3) is 5.91 Å². The first-order valence-corrected chi connectivity index (χ1v) is 7.52. The van der Waals surface area contributed by atoms with Crippen molar-refractivity contribution in [3.8, 4) is 5.75 Å². The zero-order valence-corrected chi connectivity index (χ0v) is 12.8. The standard InChI is InChI=1S/C16H20F3NO3/c1-23-11-6-4-5-10(9-11)14(21)15(22)20-13-8-3-2-7-12(13)16(17,18)19/h4-6,9,12-14,21H,2-3,7-8H2,1H3,(H,20,22). The molecule has 7 heteroatoms. The summed E-state index contributed by atoms with van der Waals surface area (Å²) in [4.78, 5) is 12.1. The van der Waals surface area contributed by atoms with Crippen LogP contribution in [0.3, 0.4) is 0 Å². The van der Waals surface area contributed by atoms with Gasteiger partial charge in [-0.1, -0.05) is 25.0 Å². The normalized spacial score (nSPS) is 23.2. The van der Waals surface area contributed by atoms with E-state index < -0.39 is 30.1 Å². The number of halogens is 3. The predicted octanol–water partition coefficient (Wildman–Crippen LogP) is 2.97. The maximum absolute atomic E-state index is 13.0. The van der Waals surface area contributed by atoms with E-state index in [9.17, 15) is 23.1 Å². The van der Waals surface area contributed by atoms with E-state index in [0.717, 1.165) is 0 Å². The van der Waals surface area contributed by atoms with Gasteiger partial charge in [0, 0.05) is 6.04 Å². The zero-order valence-electron chi connectivity index (χ0n) is 12.8. The molecule has 1 aliphatic carbocycles. The Morgan fingerprint density at radius 3 is 2.70 bits per heavy atom. The molecule has 0 radical (unpaired) electrons. The van der Waals surface area contributed by atoms with Gasteiger partial charge in [0.15, 0.2) is 6.10 Å². The molecule has 2 N–H and O–H groups in total. The summed E-state index contributed by atoms with van der Waals surface area (Å²) in [5.74, 6) is -1.92. The lowest BCUT2D eigenvalue weighted by Crippen LogP contribution is -2.48. The lowest BCUT2D eigenvalue weighted by atomic mass is 9.84. The largest absolute Gasteiger partial charge is 0.497 e. The number of nitrogens with one attached hydrogen (secondary N) is 1. The van der Waals surface area contributed by atoms with Gasteiger partial charge in [-0.25, -0.2) is 0 Å². The number of aliphatic hydroxyl groups is 1. The van der Waals surface area contributed by atoms with Crippen LogP contribution in [0.15, 0.2) is 24.3 Å². The van der Waals surface area contributed by atoms with Crippen molar-refractivity contribution in [1.29, 1.82) is 0 Å².